The van der Waals surface area contributed by atoms with Crippen molar-refractivity contribution in [1.82, 2.24) is 9.80 Å². The van der Waals surface area contributed by atoms with Crippen LogP contribution in [0.2, 0.25) is 0 Å². The molecule has 2 heterocycles. The molecule has 1 aromatic heterocycles. The molecule has 5 rings (SSSR count). The second kappa shape index (κ2) is 11.6. The third-order valence-electron chi connectivity index (χ3n) is 7.43. The van der Waals surface area contributed by atoms with Gasteiger partial charge in [0.05, 0.1) is 0 Å². The third kappa shape index (κ3) is 5.75. The van der Waals surface area contributed by atoms with E-state index in [0.717, 1.165) is 27.8 Å². The van der Waals surface area contributed by atoms with E-state index in [-0.39, 0.29) is 11.8 Å². The minimum atomic E-state index is -0.807. The van der Waals surface area contributed by atoms with E-state index in [4.69, 9.17) is 13.9 Å². The number of piperidine rings is 1. The van der Waals surface area contributed by atoms with Gasteiger partial charge in [0.1, 0.15) is 11.3 Å². The molecule has 0 N–H and O–H groups in total. The maximum atomic E-state index is 13.2. The molecule has 2 aliphatic rings. The van der Waals surface area contributed by atoms with Crippen molar-refractivity contribution >= 4 is 28.4 Å². The normalized spacial score (nSPS) is 16.8. The average Bonchev–Trinajstić information content (AvgIpc) is 3.24. The lowest BCUT2D eigenvalue weighted by molar-refractivity contribution is -0.202. The lowest BCUT2D eigenvalue weighted by atomic mass is 10.0. The molecule has 0 bridgehead atoms. The van der Waals surface area contributed by atoms with Crippen molar-refractivity contribution in [3.8, 4) is 5.75 Å². The average molecular weight is 541 g/mol. The largest absolute Gasteiger partial charge is 0.462 e. The zero-order chi connectivity index (χ0) is 28.3. The Balaban J connectivity index is 1.27. The van der Waals surface area contributed by atoms with Crippen LogP contribution >= 0.6 is 0 Å². The Morgan fingerprint density at radius 3 is 2.50 bits per heavy atom. The van der Waals surface area contributed by atoms with Crippen molar-refractivity contribution in [2.45, 2.75) is 38.9 Å². The van der Waals surface area contributed by atoms with Gasteiger partial charge in [-0.15, -0.1) is 0 Å². The van der Waals surface area contributed by atoms with Gasteiger partial charge in [0, 0.05) is 57.6 Å². The van der Waals surface area contributed by atoms with Crippen LogP contribution in [-0.4, -0.2) is 61.2 Å². The summed E-state index contributed by atoms with van der Waals surface area (Å²) in [6.07, 6.45) is 9.74. The quantitative estimate of drug-likeness (QED) is 0.336. The van der Waals surface area contributed by atoms with Gasteiger partial charge in [-0.3, -0.25) is 9.59 Å². The third-order valence-corrected chi connectivity index (χ3v) is 7.43. The first-order valence-corrected chi connectivity index (χ1v) is 13.8. The SMILES string of the molecule is CCOC1(Oc2ccc(C3=CCC=C(C(=O)N(C)C)C=C3)cc2C)CCN(C(=O)c2cc3ccccc3o2)CC1. The van der Waals surface area contributed by atoms with E-state index in [1.54, 1.807) is 25.1 Å². The van der Waals surface area contributed by atoms with Crippen molar-refractivity contribution in [1.29, 1.82) is 0 Å². The van der Waals surface area contributed by atoms with E-state index < -0.39 is 5.79 Å². The van der Waals surface area contributed by atoms with Crippen molar-refractivity contribution < 1.29 is 23.5 Å². The number of amides is 2. The maximum absolute atomic E-state index is 13.2. The first-order valence-electron chi connectivity index (χ1n) is 13.8. The first-order chi connectivity index (χ1) is 19.3. The van der Waals surface area contributed by atoms with Crippen LogP contribution in [0.1, 0.15) is 47.9 Å². The molecule has 208 valence electrons. The topological polar surface area (TPSA) is 72.2 Å². The Morgan fingerprint density at radius 1 is 1.02 bits per heavy atom. The molecule has 0 unspecified atom stereocenters. The number of carbonyl (C=O) groups excluding carboxylic acids is 2. The number of carbonyl (C=O) groups is 2. The highest BCUT2D eigenvalue weighted by molar-refractivity contribution is 5.97. The molecule has 1 saturated heterocycles. The monoisotopic (exact) mass is 540 g/mol. The number of benzene rings is 2. The van der Waals surface area contributed by atoms with Gasteiger partial charge in [0.15, 0.2) is 5.76 Å². The molecular formula is C33H36N2O5. The summed E-state index contributed by atoms with van der Waals surface area (Å²) in [5.41, 5.74) is 4.52. The predicted octanol–water partition coefficient (Wildman–Crippen LogP) is 6.15. The second-order valence-corrected chi connectivity index (χ2v) is 10.5. The Bertz CT molecular complexity index is 1470. The van der Waals surface area contributed by atoms with Crippen LogP contribution in [0.5, 0.6) is 5.75 Å². The van der Waals surface area contributed by atoms with Gasteiger partial charge in [-0.2, -0.15) is 0 Å². The highest BCUT2D eigenvalue weighted by Gasteiger charge is 2.40. The fourth-order valence-corrected chi connectivity index (χ4v) is 5.24. The summed E-state index contributed by atoms with van der Waals surface area (Å²) in [6, 6.07) is 15.6. The van der Waals surface area contributed by atoms with Crippen LogP contribution in [0, 0.1) is 6.92 Å². The summed E-state index contributed by atoms with van der Waals surface area (Å²) in [5, 5.41) is 0.919. The van der Waals surface area contributed by atoms with E-state index >= 15 is 0 Å². The Labute approximate surface area is 235 Å². The van der Waals surface area contributed by atoms with Gasteiger partial charge in [-0.05, 0) is 67.3 Å². The van der Waals surface area contributed by atoms with Crippen molar-refractivity contribution in [2.75, 3.05) is 33.8 Å². The number of allylic oxidation sites excluding steroid dienone is 4. The van der Waals surface area contributed by atoms with Crippen LogP contribution in [0.3, 0.4) is 0 Å². The van der Waals surface area contributed by atoms with Crippen LogP contribution in [0.15, 0.2) is 82.8 Å². The summed E-state index contributed by atoms with van der Waals surface area (Å²) >= 11 is 0. The molecule has 7 heteroatoms. The maximum Gasteiger partial charge on any atom is 0.289 e. The van der Waals surface area contributed by atoms with Gasteiger partial charge < -0.3 is 23.7 Å². The lowest BCUT2D eigenvalue weighted by Crippen LogP contribution is -2.51. The summed E-state index contributed by atoms with van der Waals surface area (Å²) < 4.78 is 18.5. The van der Waals surface area contributed by atoms with E-state index in [1.165, 1.54) is 0 Å². The van der Waals surface area contributed by atoms with Crippen molar-refractivity contribution in [2.24, 2.45) is 0 Å². The molecule has 1 aliphatic carbocycles. The molecule has 2 aromatic carbocycles. The number of likely N-dealkylation sites (N-methyl/N-ethyl adjacent to an activating group) is 1. The second-order valence-electron chi connectivity index (χ2n) is 10.5. The molecule has 0 radical (unpaired) electrons. The number of aryl methyl sites for hydroxylation is 1. The Kier molecular flexibility index (Phi) is 7.94. The fourth-order valence-electron chi connectivity index (χ4n) is 5.24. The summed E-state index contributed by atoms with van der Waals surface area (Å²) in [7, 11) is 3.52. The number of para-hydroxylation sites is 1. The molecule has 1 aliphatic heterocycles. The molecule has 0 spiro atoms. The number of nitrogens with zero attached hydrogens (tertiary/aromatic N) is 2. The van der Waals surface area contributed by atoms with Gasteiger partial charge in [0.25, 0.3) is 11.8 Å². The fraction of sp³-hybridized carbons (Fsp3) is 0.333. The summed E-state index contributed by atoms with van der Waals surface area (Å²) in [5.74, 6) is 0.189. The van der Waals surface area contributed by atoms with Crippen molar-refractivity contribution in [3.63, 3.8) is 0 Å². The van der Waals surface area contributed by atoms with Crippen LogP contribution < -0.4 is 4.74 Å². The minimum Gasteiger partial charge on any atom is -0.462 e. The minimum absolute atomic E-state index is 0.00242. The number of hydrogen-bond donors (Lipinski definition) is 0. The number of likely N-dealkylation sites (tertiary alicyclic amines) is 1. The van der Waals surface area contributed by atoms with E-state index in [0.29, 0.717) is 55.9 Å². The Hall–Kier alpha value is -4.10. The number of rotatable bonds is 7. The molecule has 7 nitrogen and oxygen atoms in total. The van der Waals surface area contributed by atoms with Gasteiger partial charge in [-0.1, -0.05) is 42.5 Å². The molecule has 1 fully saturated rings. The highest BCUT2D eigenvalue weighted by atomic mass is 16.7. The first kappa shape index (κ1) is 27.5. The number of furan rings is 1. The molecular weight excluding hydrogens is 504 g/mol. The molecule has 40 heavy (non-hydrogen) atoms. The smallest absolute Gasteiger partial charge is 0.289 e. The number of hydrogen-bond acceptors (Lipinski definition) is 5. The molecule has 3 aromatic rings. The molecule has 0 atom stereocenters. The van der Waals surface area contributed by atoms with E-state index in [9.17, 15) is 9.59 Å². The number of fused-ring (bicyclic) bond motifs is 1. The highest BCUT2D eigenvalue weighted by Crippen LogP contribution is 2.34. The molecule has 2 amide bonds. The standard InChI is InChI=1S/C33H36N2O5/c1-5-38-33(17-19-35(20-18-33)32(37)30-22-27-9-6-7-12-29(27)39-30)40-28-16-15-26(21-23(28)2)24-10-8-11-25(14-13-24)31(36)34(3)4/h6-7,9-16,21-22H,5,8,17-20H2,1-4H3. The van der Waals surface area contributed by atoms with Gasteiger partial charge >= 0.3 is 0 Å². The summed E-state index contributed by atoms with van der Waals surface area (Å²) in [4.78, 5) is 28.9. The van der Waals surface area contributed by atoms with Crippen LogP contribution in [-0.2, 0) is 9.53 Å². The summed E-state index contributed by atoms with van der Waals surface area (Å²) in [6.45, 7) is 5.50. The van der Waals surface area contributed by atoms with Crippen LogP contribution in [0.25, 0.3) is 16.5 Å². The number of ether oxygens (including phenoxy) is 2. The van der Waals surface area contributed by atoms with Crippen molar-refractivity contribution in [3.05, 3.63) is 95.3 Å². The van der Waals surface area contributed by atoms with Crippen LogP contribution in [0.4, 0.5) is 0 Å². The predicted molar refractivity (Wildman–Crippen MR) is 156 cm³/mol. The zero-order valence-electron chi connectivity index (χ0n) is 23.6. The van der Waals surface area contributed by atoms with E-state index in [2.05, 4.69) is 12.1 Å². The van der Waals surface area contributed by atoms with Gasteiger partial charge in [-0.25, -0.2) is 0 Å². The van der Waals surface area contributed by atoms with E-state index in [1.807, 2.05) is 73.4 Å². The molecule has 0 saturated carbocycles. The zero-order valence-corrected chi connectivity index (χ0v) is 23.6. The van der Waals surface area contributed by atoms with Gasteiger partial charge in [0.2, 0.25) is 5.79 Å². The lowest BCUT2D eigenvalue weighted by Gasteiger charge is -2.41. The Morgan fingerprint density at radius 2 is 1.80 bits per heavy atom.